The van der Waals surface area contributed by atoms with Crippen LogP contribution in [0.2, 0.25) is 5.02 Å². The van der Waals surface area contributed by atoms with E-state index in [1.54, 1.807) is 18.2 Å². The smallest absolute Gasteiger partial charge is 0.251 e. The van der Waals surface area contributed by atoms with Crippen molar-refractivity contribution < 1.29 is 32.5 Å². The van der Waals surface area contributed by atoms with Gasteiger partial charge in [0.05, 0.1) is 29.8 Å². The molecule has 3 N–H and O–H groups in total. The SMILES string of the molecule is O=C(NCC[C@@H]1CC[C@H](NS(=O)(=O)c2ccc(Cl)cc2)[C@H](CO)O1)c1ccc2c(c1)OCO2. The van der Waals surface area contributed by atoms with Gasteiger partial charge in [-0.15, -0.1) is 0 Å². The van der Waals surface area contributed by atoms with Crippen molar-refractivity contribution in [2.45, 2.75) is 42.4 Å². The Kier molecular flexibility index (Phi) is 7.40. The fraction of sp³-hybridized carbons (Fsp3) is 0.409. The van der Waals surface area contributed by atoms with Crippen LogP contribution in [0.3, 0.4) is 0 Å². The molecule has 178 valence electrons. The fourth-order valence-corrected chi connectivity index (χ4v) is 5.27. The van der Waals surface area contributed by atoms with E-state index < -0.39 is 22.2 Å². The Labute approximate surface area is 197 Å². The summed E-state index contributed by atoms with van der Waals surface area (Å²) in [5.74, 6) is 0.908. The van der Waals surface area contributed by atoms with E-state index in [0.717, 1.165) is 0 Å². The molecule has 2 heterocycles. The molecule has 11 heteroatoms. The van der Waals surface area contributed by atoms with Crippen LogP contribution in [0.15, 0.2) is 47.4 Å². The average Bonchev–Trinajstić information content (AvgIpc) is 3.28. The molecule has 2 aromatic rings. The second-order valence-electron chi connectivity index (χ2n) is 7.85. The molecule has 1 fully saturated rings. The highest BCUT2D eigenvalue weighted by atomic mass is 35.5. The Morgan fingerprint density at radius 2 is 1.85 bits per heavy atom. The first-order valence-corrected chi connectivity index (χ1v) is 12.4. The Bertz CT molecular complexity index is 1090. The third-order valence-corrected chi connectivity index (χ3v) is 7.37. The summed E-state index contributed by atoms with van der Waals surface area (Å²) in [5.41, 5.74) is 0.466. The number of carbonyl (C=O) groups excluding carboxylic acids is 1. The van der Waals surface area contributed by atoms with Gasteiger partial charge in [-0.2, -0.15) is 0 Å². The lowest BCUT2D eigenvalue weighted by Gasteiger charge is -2.36. The number of halogens is 1. The van der Waals surface area contributed by atoms with Gasteiger partial charge in [-0.25, -0.2) is 13.1 Å². The molecular weight excluding hydrogens is 472 g/mol. The Morgan fingerprint density at radius 1 is 1.09 bits per heavy atom. The van der Waals surface area contributed by atoms with Crippen LogP contribution in [-0.4, -0.2) is 57.6 Å². The second kappa shape index (κ2) is 10.3. The van der Waals surface area contributed by atoms with Crippen LogP contribution in [0.5, 0.6) is 11.5 Å². The van der Waals surface area contributed by atoms with E-state index in [1.807, 2.05) is 0 Å². The quantitative estimate of drug-likeness (QED) is 0.511. The monoisotopic (exact) mass is 496 g/mol. The zero-order valence-electron chi connectivity index (χ0n) is 17.7. The Balaban J connectivity index is 1.27. The fourth-order valence-electron chi connectivity index (χ4n) is 3.85. The van der Waals surface area contributed by atoms with Gasteiger partial charge in [0, 0.05) is 17.1 Å². The lowest BCUT2D eigenvalue weighted by atomic mass is 9.98. The summed E-state index contributed by atoms with van der Waals surface area (Å²) in [4.78, 5) is 12.5. The molecule has 1 amide bonds. The molecule has 33 heavy (non-hydrogen) atoms. The first-order chi connectivity index (χ1) is 15.9. The minimum Gasteiger partial charge on any atom is -0.454 e. The van der Waals surface area contributed by atoms with Crippen molar-refractivity contribution in [3.05, 3.63) is 53.1 Å². The van der Waals surface area contributed by atoms with Gasteiger partial charge in [-0.05, 0) is 61.7 Å². The molecule has 0 aromatic heterocycles. The number of amides is 1. The summed E-state index contributed by atoms with van der Waals surface area (Å²) in [6.07, 6.45) is 0.720. The average molecular weight is 497 g/mol. The molecule has 2 aromatic carbocycles. The first kappa shape index (κ1) is 23.8. The van der Waals surface area contributed by atoms with Crippen LogP contribution >= 0.6 is 11.6 Å². The van der Waals surface area contributed by atoms with E-state index in [1.165, 1.54) is 24.3 Å². The van der Waals surface area contributed by atoms with Crippen molar-refractivity contribution in [3.8, 4) is 11.5 Å². The summed E-state index contributed by atoms with van der Waals surface area (Å²) in [5, 5.41) is 13.0. The van der Waals surface area contributed by atoms with Gasteiger partial charge < -0.3 is 24.6 Å². The van der Waals surface area contributed by atoms with E-state index in [2.05, 4.69) is 10.0 Å². The van der Waals surface area contributed by atoms with Crippen molar-refractivity contribution >= 4 is 27.5 Å². The number of ether oxygens (including phenoxy) is 3. The Morgan fingerprint density at radius 3 is 2.61 bits per heavy atom. The van der Waals surface area contributed by atoms with Crippen molar-refractivity contribution in [2.75, 3.05) is 19.9 Å². The maximum absolute atomic E-state index is 12.7. The molecule has 0 aliphatic carbocycles. The topological polar surface area (TPSA) is 123 Å². The third kappa shape index (κ3) is 5.77. The number of carbonyl (C=O) groups is 1. The lowest BCUT2D eigenvalue weighted by Crippen LogP contribution is -2.51. The standard InChI is InChI=1S/C22H25ClN2O7S/c23-15-2-5-17(6-3-15)33(28,29)25-18-7-4-16(32-21(18)12-26)9-10-24-22(27)14-1-8-19-20(11-14)31-13-30-19/h1-3,5-6,8,11,16,18,21,25-26H,4,7,9-10,12-13H2,(H,24,27)/t16-,18-,21-/m0/s1. The molecule has 0 spiro atoms. The van der Waals surface area contributed by atoms with Gasteiger partial charge in [-0.3, -0.25) is 4.79 Å². The minimum absolute atomic E-state index is 0.0944. The van der Waals surface area contributed by atoms with E-state index in [4.69, 9.17) is 25.8 Å². The number of aliphatic hydroxyl groups excluding tert-OH is 1. The predicted molar refractivity (Wildman–Crippen MR) is 120 cm³/mol. The van der Waals surface area contributed by atoms with Gasteiger partial charge in [0.1, 0.15) is 0 Å². The molecule has 0 bridgehead atoms. The summed E-state index contributed by atoms with van der Waals surface area (Å²) in [6.45, 7) is 0.188. The zero-order chi connectivity index (χ0) is 23.4. The van der Waals surface area contributed by atoms with Crippen LogP contribution in [0.1, 0.15) is 29.6 Å². The van der Waals surface area contributed by atoms with E-state index in [9.17, 15) is 18.3 Å². The van der Waals surface area contributed by atoms with Gasteiger partial charge in [0.15, 0.2) is 11.5 Å². The number of fused-ring (bicyclic) bond motifs is 1. The summed E-state index contributed by atoms with van der Waals surface area (Å²) in [7, 11) is -3.78. The maximum atomic E-state index is 12.7. The largest absolute Gasteiger partial charge is 0.454 e. The van der Waals surface area contributed by atoms with Crippen molar-refractivity contribution in [2.24, 2.45) is 0 Å². The number of sulfonamides is 1. The van der Waals surface area contributed by atoms with Crippen LogP contribution < -0.4 is 19.5 Å². The second-order valence-corrected chi connectivity index (χ2v) is 10.0. The highest BCUT2D eigenvalue weighted by molar-refractivity contribution is 7.89. The minimum atomic E-state index is -3.78. The van der Waals surface area contributed by atoms with Gasteiger partial charge >= 0.3 is 0 Å². The van der Waals surface area contributed by atoms with E-state index in [-0.39, 0.29) is 30.3 Å². The molecule has 0 unspecified atom stereocenters. The molecular formula is C22H25ClN2O7S. The molecule has 3 atom stereocenters. The molecule has 2 aliphatic rings. The number of nitrogens with one attached hydrogen (secondary N) is 2. The van der Waals surface area contributed by atoms with Gasteiger partial charge in [0.2, 0.25) is 16.8 Å². The molecule has 0 radical (unpaired) electrons. The molecule has 1 saturated heterocycles. The third-order valence-electron chi connectivity index (χ3n) is 5.61. The van der Waals surface area contributed by atoms with Crippen LogP contribution in [0, 0.1) is 0 Å². The van der Waals surface area contributed by atoms with Crippen molar-refractivity contribution in [3.63, 3.8) is 0 Å². The Hall–Kier alpha value is -2.37. The molecule has 2 aliphatic heterocycles. The number of hydrogen-bond donors (Lipinski definition) is 3. The molecule has 0 saturated carbocycles. The number of rotatable bonds is 8. The summed E-state index contributed by atoms with van der Waals surface area (Å²) in [6, 6.07) is 10.3. The van der Waals surface area contributed by atoms with Crippen molar-refractivity contribution in [1.82, 2.24) is 10.0 Å². The van der Waals surface area contributed by atoms with Crippen molar-refractivity contribution in [1.29, 1.82) is 0 Å². The first-order valence-electron chi connectivity index (χ1n) is 10.6. The molecule has 4 rings (SSSR count). The summed E-state index contributed by atoms with van der Waals surface area (Å²) < 4.78 is 44.4. The zero-order valence-corrected chi connectivity index (χ0v) is 19.3. The van der Waals surface area contributed by atoms with Gasteiger partial charge in [-0.1, -0.05) is 11.6 Å². The number of hydrogen-bond acceptors (Lipinski definition) is 7. The normalized spacial score (nSPS) is 22.2. The predicted octanol–water partition coefficient (Wildman–Crippen LogP) is 2.08. The highest BCUT2D eigenvalue weighted by Gasteiger charge is 2.34. The van der Waals surface area contributed by atoms with E-state index >= 15 is 0 Å². The van der Waals surface area contributed by atoms with Crippen LogP contribution in [-0.2, 0) is 14.8 Å². The van der Waals surface area contributed by atoms with Gasteiger partial charge in [0.25, 0.3) is 5.91 Å². The van der Waals surface area contributed by atoms with E-state index in [0.29, 0.717) is 47.9 Å². The van der Waals surface area contributed by atoms with Crippen LogP contribution in [0.4, 0.5) is 0 Å². The molecule has 9 nitrogen and oxygen atoms in total. The number of benzene rings is 2. The maximum Gasteiger partial charge on any atom is 0.251 e. The number of aliphatic hydroxyl groups is 1. The highest BCUT2D eigenvalue weighted by Crippen LogP contribution is 2.32. The van der Waals surface area contributed by atoms with Crippen LogP contribution in [0.25, 0.3) is 0 Å². The lowest BCUT2D eigenvalue weighted by molar-refractivity contribution is -0.0871. The summed E-state index contributed by atoms with van der Waals surface area (Å²) >= 11 is 5.83.